The normalized spacial score (nSPS) is 18.1. The van der Waals surface area contributed by atoms with Gasteiger partial charge in [-0.15, -0.1) is 0 Å². The molecule has 3 heterocycles. The summed E-state index contributed by atoms with van der Waals surface area (Å²) < 4.78 is 11.8. The predicted octanol–water partition coefficient (Wildman–Crippen LogP) is 3.21. The van der Waals surface area contributed by atoms with Crippen LogP contribution in [0.2, 0.25) is 0 Å². The highest BCUT2D eigenvalue weighted by atomic mass is 16.5. The molecule has 6 nitrogen and oxygen atoms in total. The molecule has 1 saturated heterocycles. The number of hydrogen-bond donors (Lipinski definition) is 1. The Morgan fingerprint density at radius 2 is 2.10 bits per heavy atom. The number of nitrogens with zero attached hydrogens (tertiary/aromatic N) is 2. The van der Waals surface area contributed by atoms with Gasteiger partial charge in [-0.3, -0.25) is 9.78 Å². The predicted molar refractivity (Wildman–Crippen MR) is 113 cm³/mol. The molecule has 2 aliphatic heterocycles. The van der Waals surface area contributed by atoms with E-state index < -0.39 is 0 Å². The number of para-hydroxylation sites is 1. The maximum Gasteiger partial charge on any atom is 0.257 e. The molecule has 0 bridgehead atoms. The van der Waals surface area contributed by atoms with Gasteiger partial charge in [0.25, 0.3) is 5.91 Å². The third-order valence-corrected chi connectivity index (χ3v) is 5.63. The van der Waals surface area contributed by atoms with Crippen LogP contribution in [-0.2, 0) is 11.2 Å². The van der Waals surface area contributed by atoms with E-state index in [0.717, 1.165) is 43.7 Å². The summed E-state index contributed by atoms with van der Waals surface area (Å²) in [7, 11) is 0. The third-order valence-electron chi connectivity index (χ3n) is 5.63. The standard InChI is InChI=1S/C23H29N3O3/c1-23(2)13-18-5-3-7-20(22(18)29-23)28-16-21(27)25-14-17-8-11-26(12-9-17)19-6-4-10-24-15-19/h3-7,10,15,17H,8-9,11-14,16H2,1-2H3,(H,25,27). The second-order valence-electron chi connectivity index (χ2n) is 8.52. The van der Waals surface area contributed by atoms with E-state index >= 15 is 0 Å². The van der Waals surface area contributed by atoms with Crippen molar-refractivity contribution in [1.29, 1.82) is 0 Å². The molecule has 0 saturated carbocycles. The number of pyridine rings is 1. The molecule has 0 aliphatic carbocycles. The molecule has 1 fully saturated rings. The minimum Gasteiger partial charge on any atom is -0.483 e. The molecule has 1 amide bonds. The number of hydrogen-bond acceptors (Lipinski definition) is 5. The Morgan fingerprint density at radius 3 is 2.86 bits per heavy atom. The largest absolute Gasteiger partial charge is 0.483 e. The van der Waals surface area contributed by atoms with E-state index in [1.165, 1.54) is 5.69 Å². The van der Waals surface area contributed by atoms with Crippen molar-refractivity contribution < 1.29 is 14.3 Å². The van der Waals surface area contributed by atoms with Gasteiger partial charge in [0.05, 0.1) is 11.9 Å². The summed E-state index contributed by atoms with van der Waals surface area (Å²) in [4.78, 5) is 18.8. The molecule has 0 unspecified atom stereocenters. The molecule has 0 atom stereocenters. The van der Waals surface area contributed by atoms with Gasteiger partial charge in [-0.1, -0.05) is 12.1 Å². The number of aromatic nitrogens is 1. The zero-order valence-corrected chi connectivity index (χ0v) is 17.2. The summed E-state index contributed by atoms with van der Waals surface area (Å²) in [5, 5.41) is 3.03. The lowest BCUT2D eigenvalue weighted by atomic mass is 9.96. The van der Waals surface area contributed by atoms with Gasteiger partial charge in [-0.05, 0) is 50.8 Å². The molecule has 0 radical (unpaired) electrons. The average molecular weight is 396 g/mol. The number of carbonyl (C=O) groups excluding carboxylic acids is 1. The maximum absolute atomic E-state index is 12.3. The first kappa shape index (κ1) is 19.6. The van der Waals surface area contributed by atoms with Gasteiger partial charge in [-0.25, -0.2) is 0 Å². The zero-order valence-electron chi connectivity index (χ0n) is 17.2. The topological polar surface area (TPSA) is 63.7 Å². The van der Waals surface area contributed by atoms with Crippen molar-refractivity contribution in [1.82, 2.24) is 10.3 Å². The number of carbonyl (C=O) groups is 1. The molecule has 154 valence electrons. The number of amides is 1. The van der Waals surface area contributed by atoms with Crippen LogP contribution in [0, 0.1) is 5.92 Å². The molecule has 6 heteroatoms. The lowest BCUT2D eigenvalue weighted by Crippen LogP contribution is -2.39. The van der Waals surface area contributed by atoms with Gasteiger partial charge in [0.1, 0.15) is 5.60 Å². The highest BCUT2D eigenvalue weighted by Gasteiger charge is 2.32. The van der Waals surface area contributed by atoms with Gasteiger partial charge < -0.3 is 19.7 Å². The number of ether oxygens (including phenoxy) is 2. The van der Waals surface area contributed by atoms with Crippen molar-refractivity contribution in [3.8, 4) is 11.5 Å². The Kier molecular flexibility index (Phi) is 5.60. The van der Waals surface area contributed by atoms with Crippen LogP contribution in [0.1, 0.15) is 32.3 Å². The molecular formula is C23H29N3O3. The van der Waals surface area contributed by atoms with E-state index in [9.17, 15) is 4.79 Å². The third kappa shape index (κ3) is 4.81. The van der Waals surface area contributed by atoms with E-state index in [-0.39, 0.29) is 18.1 Å². The number of nitrogens with one attached hydrogen (secondary N) is 1. The zero-order chi connectivity index (χ0) is 20.3. The Labute approximate surface area is 172 Å². The minimum absolute atomic E-state index is 0.00870. The molecule has 2 aromatic rings. The van der Waals surface area contributed by atoms with Crippen LogP contribution in [0.5, 0.6) is 11.5 Å². The van der Waals surface area contributed by atoms with Crippen LogP contribution in [0.3, 0.4) is 0 Å². The minimum atomic E-state index is -0.227. The Bertz CT molecular complexity index is 846. The van der Waals surface area contributed by atoms with Gasteiger partial charge in [0.2, 0.25) is 0 Å². The van der Waals surface area contributed by atoms with E-state index in [0.29, 0.717) is 18.2 Å². The van der Waals surface area contributed by atoms with Crippen molar-refractivity contribution in [3.05, 3.63) is 48.3 Å². The van der Waals surface area contributed by atoms with Crippen molar-refractivity contribution in [3.63, 3.8) is 0 Å². The highest BCUT2D eigenvalue weighted by Crippen LogP contribution is 2.41. The average Bonchev–Trinajstić information content (AvgIpc) is 3.06. The number of rotatable bonds is 6. The van der Waals surface area contributed by atoms with Crippen LogP contribution >= 0.6 is 0 Å². The SMILES string of the molecule is CC1(C)Cc2cccc(OCC(=O)NCC3CCN(c4cccnc4)CC3)c2O1. The number of piperidine rings is 1. The van der Waals surface area contributed by atoms with Gasteiger partial charge in [-0.2, -0.15) is 0 Å². The van der Waals surface area contributed by atoms with Crippen molar-refractivity contribution >= 4 is 11.6 Å². The lowest BCUT2D eigenvalue weighted by Gasteiger charge is -2.33. The van der Waals surface area contributed by atoms with Crippen molar-refractivity contribution in [2.75, 3.05) is 31.1 Å². The van der Waals surface area contributed by atoms with Crippen LogP contribution in [-0.4, -0.2) is 42.7 Å². The summed E-state index contributed by atoms with van der Waals surface area (Å²) >= 11 is 0. The molecule has 1 N–H and O–H groups in total. The first-order valence-electron chi connectivity index (χ1n) is 10.4. The number of fused-ring (bicyclic) bond motifs is 1. The summed E-state index contributed by atoms with van der Waals surface area (Å²) in [5.41, 5.74) is 2.08. The first-order chi connectivity index (χ1) is 14.0. The fourth-order valence-electron chi connectivity index (χ4n) is 4.09. The summed E-state index contributed by atoms with van der Waals surface area (Å²) in [6, 6.07) is 9.93. The monoisotopic (exact) mass is 395 g/mol. The summed E-state index contributed by atoms with van der Waals surface area (Å²) in [6.45, 7) is 6.80. The van der Waals surface area contributed by atoms with E-state index in [4.69, 9.17) is 9.47 Å². The van der Waals surface area contributed by atoms with Crippen LogP contribution in [0.25, 0.3) is 0 Å². The quantitative estimate of drug-likeness (QED) is 0.814. The van der Waals surface area contributed by atoms with Crippen LogP contribution in [0.4, 0.5) is 5.69 Å². The molecule has 1 aromatic carbocycles. The van der Waals surface area contributed by atoms with Gasteiger partial charge >= 0.3 is 0 Å². The van der Waals surface area contributed by atoms with Gasteiger partial charge in [0.15, 0.2) is 18.1 Å². The molecule has 29 heavy (non-hydrogen) atoms. The van der Waals surface area contributed by atoms with Crippen molar-refractivity contribution in [2.24, 2.45) is 5.92 Å². The summed E-state index contributed by atoms with van der Waals surface area (Å²) in [5.74, 6) is 1.83. The Balaban J connectivity index is 1.21. The van der Waals surface area contributed by atoms with Crippen LogP contribution in [0.15, 0.2) is 42.7 Å². The second-order valence-corrected chi connectivity index (χ2v) is 8.52. The van der Waals surface area contributed by atoms with E-state index in [1.807, 2.05) is 24.4 Å². The molecular weight excluding hydrogens is 366 g/mol. The summed E-state index contributed by atoms with van der Waals surface area (Å²) in [6.07, 6.45) is 6.68. The fraction of sp³-hybridized carbons (Fsp3) is 0.478. The molecule has 0 spiro atoms. The fourth-order valence-corrected chi connectivity index (χ4v) is 4.09. The van der Waals surface area contributed by atoms with Crippen LogP contribution < -0.4 is 19.7 Å². The van der Waals surface area contributed by atoms with Crippen molar-refractivity contribution in [2.45, 2.75) is 38.7 Å². The Morgan fingerprint density at radius 1 is 1.28 bits per heavy atom. The highest BCUT2D eigenvalue weighted by molar-refractivity contribution is 5.77. The smallest absolute Gasteiger partial charge is 0.257 e. The first-order valence-corrected chi connectivity index (χ1v) is 10.4. The number of anilines is 1. The van der Waals surface area contributed by atoms with Gasteiger partial charge in [0, 0.05) is 37.8 Å². The maximum atomic E-state index is 12.3. The molecule has 2 aliphatic rings. The molecule has 4 rings (SSSR count). The second kappa shape index (κ2) is 8.31. The Hall–Kier alpha value is -2.76. The van der Waals surface area contributed by atoms with E-state index in [1.54, 1.807) is 6.20 Å². The lowest BCUT2D eigenvalue weighted by molar-refractivity contribution is -0.123. The van der Waals surface area contributed by atoms with E-state index in [2.05, 4.69) is 41.2 Å². The number of benzene rings is 1. The molecule has 1 aromatic heterocycles.